The number of halogens is 16. The lowest BCUT2D eigenvalue weighted by Crippen LogP contribution is -2.81. The molecule has 7 aromatic rings. The third kappa shape index (κ3) is 7.43. The summed E-state index contributed by atoms with van der Waals surface area (Å²) in [5, 5.41) is 4.31. The molecular weight excluding hydrogens is 847 g/mol. The van der Waals surface area contributed by atoms with Crippen molar-refractivity contribution in [2.24, 2.45) is 0 Å². The van der Waals surface area contributed by atoms with Gasteiger partial charge >= 0.3 is 8.80 Å². The minimum atomic E-state index is -6.49. The van der Waals surface area contributed by atoms with Crippen molar-refractivity contribution in [3.8, 4) is 0 Å². The van der Waals surface area contributed by atoms with Crippen LogP contribution in [-0.2, 0) is 0 Å². The maximum absolute atomic E-state index is 15.3. The number of hydrogen-bond acceptors (Lipinski definition) is 0. The van der Waals surface area contributed by atoms with Crippen LogP contribution in [0.4, 0.5) is 70.2 Å². The Morgan fingerprint density at radius 2 is 0.417 bits per heavy atom. The zero-order valence-electron chi connectivity index (χ0n) is 29.6. The van der Waals surface area contributed by atoms with Crippen LogP contribution < -0.4 is 37.4 Å². The van der Waals surface area contributed by atoms with E-state index in [0.29, 0.717) is 0 Å². The molecule has 0 fully saturated rings. The number of hydrogen-bond donors (Lipinski definition) is 0. The van der Waals surface area contributed by atoms with E-state index in [1.165, 1.54) is 15.6 Å². The average Bonchev–Trinajstić information content (AvgIpc) is 3.22. The molecule has 0 N–H and O–H groups in total. The lowest BCUT2D eigenvalue weighted by molar-refractivity contribution is 0.452. The van der Waals surface area contributed by atoms with Gasteiger partial charge in [-0.25, -0.2) is 70.2 Å². The monoisotopic (exact) mass is 866 g/mol. The second kappa shape index (κ2) is 17.1. The first-order valence-electron chi connectivity index (χ1n) is 17.0. The lowest BCUT2D eigenvalue weighted by Gasteiger charge is -2.44. The molecule has 0 bridgehead atoms. The van der Waals surface area contributed by atoms with Gasteiger partial charge in [-0.3, -0.25) is 0 Å². The first-order chi connectivity index (χ1) is 28.4. The number of benzene rings is 7. The van der Waals surface area contributed by atoms with Crippen LogP contribution in [0.15, 0.2) is 115 Å². The largest absolute Gasteiger partial charge is 0.428 e. The molecule has 60 heavy (non-hydrogen) atoms. The molecule has 0 saturated carbocycles. The zero-order chi connectivity index (χ0) is 43.8. The van der Waals surface area contributed by atoms with Gasteiger partial charge in [-0.15, -0.1) is 21.9 Å². The van der Waals surface area contributed by atoms with Crippen LogP contribution in [-0.4, -0.2) is 14.9 Å². The molecule has 0 spiro atoms. The van der Waals surface area contributed by atoms with Crippen molar-refractivity contribution in [2.75, 3.05) is 0 Å². The molecule has 0 aliphatic rings. The van der Waals surface area contributed by atoms with E-state index in [1.54, 1.807) is 0 Å². The lowest BCUT2D eigenvalue weighted by atomic mass is 9.12. The highest BCUT2D eigenvalue weighted by Crippen LogP contribution is 2.27. The second-order valence-corrected chi connectivity index (χ2v) is 15.3. The first-order valence-corrected chi connectivity index (χ1v) is 18.5. The van der Waals surface area contributed by atoms with Gasteiger partial charge in [-0.1, -0.05) is 54.6 Å². The van der Waals surface area contributed by atoms with E-state index in [1.807, 2.05) is 0 Å². The maximum Gasteiger partial charge on any atom is 0.428 e. The van der Waals surface area contributed by atoms with Crippen LogP contribution in [0.2, 0.25) is 0 Å². The molecule has 7 rings (SSSR count). The molecule has 0 amide bonds. The normalized spacial score (nSPS) is 11.3. The Morgan fingerprint density at radius 3 is 0.583 bits per heavy atom. The molecule has 0 atom stereocenters. The Hall–Kier alpha value is -6.30. The van der Waals surface area contributed by atoms with E-state index in [9.17, 15) is 35.1 Å². The Kier molecular flexibility index (Phi) is 12.4. The highest BCUT2D eigenvalue weighted by atomic mass is 28.3. The van der Waals surface area contributed by atoms with E-state index >= 15 is 35.1 Å². The molecule has 0 saturated heterocycles. The highest BCUT2D eigenvalue weighted by molar-refractivity contribution is 7.20. The summed E-state index contributed by atoms with van der Waals surface area (Å²) in [6, 6.07) is 29.7. The predicted octanol–water partition coefficient (Wildman–Crippen LogP) is 7.49. The van der Waals surface area contributed by atoms with E-state index in [4.69, 9.17) is 0 Å². The molecule has 0 aliphatic carbocycles. The predicted molar refractivity (Wildman–Crippen MR) is 193 cm³/mol. The third-order valence-corrected chi connectivity index (χ3v) is 12.2. The van der Waals surface area contributed by atoms with Crippen LogP contribution in [0.25, 0.3) is 0 Å². The van der Waals surface area contributed by atoms with Gasteiger partial charge in [-0.2, -0.15) is 0 Å². The second-order valence-electron chi connectivity index (χ2n) is 12.9. The SMILES string of the molecule is Fc1cc(F)c(F)c([B-](c2c(F)c(F)cc(F)c2F)(c2c(F)c(F)cc(F)c2F)c2c(F)c(F)cc(F)c2F)c1F.c1ccc([Si+](c2ccccc2)c2ccccc2)cc1. The van der Waals surface area contributed by atoms with Crippen molar-refractivity contribution in [3.05, 3.63) is 208 Å². The van der Waals surface area contributed by atoms with Gasteiger partial charge in [0.1, 0.15) is 68.2 Å². The molecule has 0 radical (unpaired) electrons. The Labute approximate surface area is 330 Å². The summed E-state index contributed by atoms with van der Waals surface area (Å²) in [4.78, 5) is 0. The topological polar surface area (TPSA) is 0 Å². The molecule has 0 aliphatic heterocycles. The molecule has 7 aromatic carbocycles. The van der Waals surface area contributed by atoms with Gasteiger partial charge in [0.15, 0.2) is 46.5 Å². The Morgan fingerprint density at radius 1 is 0.250 bits per heavy atom. The standard InChI is InChI=1S/C24H4BF16.C18H15Si/c26-5-1-6(27)18(35)13(17(5)34)25(14-19(36)7(28)2-8(29)20(14)37,15-21(38)9(30)3-10(31)22(15)39)16-23(40)11(32)4-12(33)24(16)41;1-4-10-16(11-5-1)19(17-12-6-2-7-13-17)18-14-8-3-9-15-18/h1-4H;1-15H/q-1;+1. The highest BCUT2D eigenvalue weighted by Gasteiger charge is 2.50. The van der Waals surface area contributed by atoms with Gasteiger partial charge in [0.05, 0.1) is 0 Å². The Balaban J connectivity index is 0.000000263. The van der Waals surface area contributed by atoms with Crippen molar-refractivity contribution in [1.82, 2.24) is 0 Å². The summed E-state index contributed by atoms with van der Waals surface area (Å²) in [6.45, 7) is 0. The summed E-state index contributed by atoms with van der Waals surface area (Å²) in [7, 11) is -0.877. The van der Waals surface area contributed by atoms with Crippen LogP contribution >= 0.6 is 0 Å². The fourth-order valence-electron chi connectivity index (χ4n) is 7.07. The minimum absolute atomic E-state index is 0.689. The van der Waals surface area contributed by atoms with Gasteiger partial charge < -0.3 is 0 Å². The quantitative estimate of drug-likeness (QED) is 0.0675. The summed E-state index contributed by atoms with van der Waals surface area (Å²) in [6.07, 6.45) is -6.49. The van der Waals surface area contributed by atoms with E-state index in [0.717, 1.165) is 0 Å². The third-order valence-electron chi connectivity index (χ3n) is 9.50. The smallest absolute Gasteiger partial charge is 0.207 e. The van der Waals surface area contributed by atoms with Crippen LogP contribution in [0.1, 0.15) is 0 Å². The molecule has 18 heteroatoms. The maximum atomic E-state index is 15.3. The van der Waals surface area contributed by atoms with Crippen molar-refractivity contribution in [2.45, 2.75) is 0 Å². The zero-order valence-corrected chi connectivity index (χ0v) is 30.6. The van der Waals surface area contributed by atoms with E-state index in [2.05, 4.69) is 91.0 Å². The van der Waals surface area contributed by atoms with E-state index in [-0.39, 0.29) is 0 Å². The van der Waals surface area contributed by atoms with Crippen LogP contribution in [0.5, 0.6) is 0 Å². The van der Waals surface area contributed by atoms with Crippen LogP contribution in [0.3, 0.4) is 0 Å². The van der Waals surface area contributed by atoms with Gasteiger partial charge in [0, 0.05) is 24.3 Å². The van der Waals surface area contributed by atoms with Crippen molar-refractivity contribution in [1.29, 1.82) is 0 Å². The van der Waals surface area contributed by atoms with E-state index < -0.39 is 154 Å². The molecule has 306 valence electrons. The van der Waals surface area contributed by atoms with Gasteiger partial charge in [-0.05, 0) is 36.4 Å². The van der Waals surface area contributed by atoms with Crippen LogP contribution in [0, 0.1) is 93.1 Å². The Bertz CT molecular complexity index is 2280. The minimum Gasteiger partial charge on any atom is -0.207 e. The molecule has 0 heterocycles. The molecule has 0 unspecified atom stereocenters. The average molecular weight is 866 g/mol. The van der Waals surface area contributed by atoms with Gasteiger partial charge in [0.25, 0.3) is 0 Å². The molecule has 0 nitrogen and oxygen atoms in total. The fourth-order valence-corrected chi connectivity index (χ4v) is 9.65. The summed E-state index contributed by atoms with van der Waals surface area (Å²) < 4.78 is 238. The first kappa shape index (κ1) is 43.3. The van der Waals surface area contributed by atoms with Crippen molar-refractivity contribution in [3.63, 3.8) is 0 Å². The summed E-state index contributed by atoms with van der Waals surface area (Å²) in [5.74, 6) is -46.2. The van der Waals surface area contributed by atoms with Crippen molar-refractivity contribution >= 4 is 52.4 Å². The summed E-state index contributed by atoms with van der Waals surface area (Å²) >= 11 is 0. The fraction of sp³-hybridized carbons (Fsp3) is 0. The van der Waals surface area contributed by atoms with Gasteiger partial charge in [0.2, 0.25) is 0 Å². The molecular formula is C42H19BF16Si. The summed E-state index contributed by atoms with van der Waals surface area (Å²) in [5.41, 5.74) is -12.0. The van der Waals surface area contributed by atoms with Crippen molar-refractivity contribution < 1.29 is 70.2 Å². The molecule has 0 aromatic heterocycles. The number of rotatable bonds is 7.